The summed E-state index contributed by atoms with van der Waals surface area (Å²) in [5.41, 5.74) is 0.519. The summed E-state index contributed by atoms with van der Waals surface area (Å²) < 4.78 is 4.87. The number of benzene rings is 1. The van der Waals surface area contributed by atoms with Crippen molar-refractivity contribution >= 4 is 22.8 Å². The van der Waals surface area contributed by atoms with Crippen molar-refractivity contribution in [2.45, 2.75) is 13.8 Å². The third-order valence-corrected chi connectivity index (χ3v) is 3.28. The van der Waals surface area contributed by atoms with Crippen molar-refractivity contribution in [1.29, 1.82) is 0 Å². The van der Waals surface area contributed by atoms with Crippen molar-refractivity contribution < 1.29 is 14.3 Å². The molecule has 0 bridgehead atoms. The molecule has 0 radical (unpaired) electrons. The predicted octanol–water partition coefficient (Wildman–Crippen LogP) is 1.55. The van der Waals surface area contributed by atoms with E-state index >= 15 is 0 Å². The standard InChI is InChI=1S/C16H18N2O4/c1-3-18(10-15(20)22-4-2)16(21)12-9-14(19)17-13-8-6-5-7-11(12)13/h5-9H,3-4,10H2,1-2H3,(H,17,19). The summed E-state index contributed by atoms with van der Waals surface area (Å²) in [6.07, 6.45) is 0. The Balaban J connectivity index is 2.39. The SMILES string of the molecule is CCOC(=O)CN(CC)C(=O)c1cc(=O)[nH]c2ccccc12. The van der Waals surface area contributed by atoms with E-state index < -0.39 is 5.97 Å². The van der Waals surface area contributed by atoms with Gasteiger partial charge in [-0.25, -0.2) is 0 Å². The van der Waals surface area contributed by atoms with Gasteiger partial charge >= 0.3 is 5.97 Å². The maximum absolute atomic E-state index is 12.6. The molecule has 2 rings (SSSR count). The van der Waals surface area contributed by atoms with Crippen LogP contribution >= 0.6 is 0 Å². The number of carbonyl (C=O) groups is 2. The van der Waals surface area contributed by atoms with E-state index in [1.165, 1.54) is 11.0 Å². The number of hydrogen-bond acceptors (Lipinski definition) is 4. The second kappa shape index (κ2) is 6.89. The van der Waals surface area contributed by atoms with E-state index in [1.807, 2.05) is 0 Å². The molecule has 0 aliphatic carbocycles. The number of aromatic nitrogens is 1. The number of amides is 1. The lowest BCUT2D eigenvalue weighted by Crippen LogP contribution is -2.36. The predicted molar refractivity (Wildman–Crippen MR) is 82.8 cm³/mol. The highest BCUT2D eigenvalue weighted by Gasteiger charge is 2.20. The first-order valence-corrected chi connectivity index (χ1v) is 7.13. The minimum atomic E-state index is -0.466. The van der Waals surface area contributed by atoms with Gasteiger partial charge in [0, 0.05) is 23.5 Å². The average molecular weight is 302 g/mol. The lowest BCUT2D eigenvalue weighted by atomic mass is 10.1. The molecular weight excluding hydrogens is 284 g/mol. The number of esters is 1. The molecule has 0 saturated heterocycles. The zero-order chi connectivity index (χ0) is 16.1. The smallest absolute Gasteiger partial charge is 0.325 e. The summed E-state index contributed by atoms with van der Waals surface area (Å²) in [6, 6.07) is 8.33. The van der Waals surface area contributed by atoms with Gasteiger partial charge in [0.15, 0.2) is 0 Å². The Labute approximate surface area is 127 Å². The van der Waals surface area contributed by atoms with Crippen LogP contribution in [0.5, 0.6) is 0 Å². The van der Waals surface area contributed by atoms with Crippen molar-refractivity contribution in [3.63, 3.8) is 0 Å². The molecule has 2 aromatic rings. The number of rotatable bonds is 5. The first kappa shape index (κ1) is 15.8. The second-order valence-corrected chi connectivity index (χ2v) is 4.72. The van der Waals surface area contributed by atoms with Crippen LogP contribution in [0.15, 0.2) is 35.1 Å². The molecule has 0 spiro atoms. The van der Waals surface area contributed by atoms with Crippen molar-refractivity contribution in [1.82, 2.24) is 9.88 Å². The number of fused-ring (bicyclic) bond motifs is 1. The minimum absolute atomic E-state index is 0.135. The largest absolute Gasteiger partial charge is 0.465 e. The zero-order valence-corrected chi connectivity index (χ0v) is 12.6. The van der Waals surface area contributed by atoms with Crippen LogP contribution in [0.25, 0.3) is 10.9 Å². The summed E-state index contributed by atoms with van der Waals surface area (Å²) in [4.78, 5) is 40.0. The van der Waals surface area contributed by atoms with Gasteiger partial charge in [0.05, 0.1) is 12.2 Å². The molecule has 1 heterocycles. The van der Waals surface area contributed by atoms with E-state index in [0.29, 0.717) is 17.4 Å². The van der Waals surface area contributed by atoms with E-state index in [9.17, 15) is 14.4 Å². The fourth-order valence-corrected chi connectivity index (χ4v) is 2.24. The van der Waals surface area contributed by atoms with Crippen LogP contribution in [-0.4, -0.2) is 41.5 Å². The topological polar surface area (TPSA) is 79.5 Å². The van der Waals surface area contributed by atoms with Crippen LogP contribution in [0.1, 0.15) is 24.2 Å². The van der Waals surface area contributed by atoms with Crippen molar-refractivity contribution in [3.05, 3.63) is 46.2 Å². The zero-order valence-electron chi connectivity index (χ0n) is 12.6. The summed E-state index contributed by atoms with van der Waals surface area (Å²) in [5.74, 6) is -0.829. The Bertz CT molecular complexity index is 751. The van der Waals surface area contributed by atoms with Gasteiger partial charge in [0.1, 0.15) is 6.54 Å². The number of hydrogen-bond donors (Lipinski definition) is 1. The summed E-state index contributed by atoms with van der Waals surface area (Å²) in [7, 11) is 0. The van der Waals surface area contributed by atoms with E-state index in [0.717, 1.165) is 0 Å². The third kappa shape index (κ3) is 3.33. The summed E-state index contributed by atoms with van der Waals surface area (Å²) >= 11 is 0. The monoisotopic (exact) mass is 302 g/mol. The van der Waals surface area contributed by atoms with Gasteiger partial charge in [-0.05, 0) is 19.9 Å². The van der Waals surface area contributed by atoms with Gasteiger partial charge in [-0.15, -0.1) is 0 Å². The summed E-state index contributed by atoms with van der Waals surface area (Å²) in [5, 5.41) is 0.648. The van der Waals surface area contributed by atoms with Gasteiger partial charge in [0.2, 0.25) is 5.56 Å². The van der Waals surface area contributed by atoms with Crippen molar-refractivity contribution in [2.75, 3.05) is 19.7 Å². The van der Waals surface area contributed by atoms with Crippen LogP contribution < -0.4 is 5.56 Å². The molecule has 1 amide bonds. The molecule has 1 N–H and O–H groups in total. The van der Waals surface area contributed by atoms with Crippen molar-refractivity contribution in [3.8, 4) is 0 Å². The molecule has 1 aromatic carbocycles. The molecule has 6 heteroatoms. The Hall–Kier alpha value is -2.63. The highest BCUT2D eigenvalue weighted by Crippen LogP contribution is 2.16. The molecule has 22 heavy (non-hydrogen) atoms. The number of pyridine rings is 1. The maximum atomic E-state index is 12.6. The maximum Gasteiger partial charge on any atom is 0.325 e. The molecule has 0 unspecified atom stereocenters. The number of nitrogens with zero attached hydrogens (tertiary/aromatic N) is 1. The number of likely N-dealkylation sites (N-methyl/N-ethyl adjacent to an activating group) is 1. The molecular formula is C16H18N2O4. The summed E-state index contributed by atoms with van der Waals surface area (Å²) in [6.45, 7) is 3.95. The first-order valence-electron chi connectivity index (χ1n) is 7.13. The van der Waals surface area contributed by atoms with Crippen LogP contribution in [0, 0.1) is 0 Å². The molecule has 0 atom stereocenters. The van der Waals surface area contributed by atoms with Gasteiger partial charge in [-0.3, -0.25) is 14.4 Å². The Morgan fingerprint density at radius 1 is 1.23 bits per heavy atom. The Morgan fingerprint density at radius 2 is 1.95 bits per heavy atom. The molecule has 0 aliphatic heterocycles. The van der Waals surface area contributed by atoms with Gasteiger partial charge in [0.25, 0.3) is 5.91 Å². The molecule has 6 nitrogen and oxygen atoms in total. The van der Waals surface area contributed by atoms with E-state index in [4.69, 9.17) is 4.74 Å². The van der Waals surface area contributed by atoms with Crippen molar-refractivity contribution in [2.24, 2.45) is 0 Å². The molecule has 0 aliphatic rings. The number of carbonyl (C=O) groups excluding carboxylic acids is 2. The Kier molecular flexibility index (Phi) is 4.93. The van der Waals surface area contributed by atoms with Crippen LogP contribution in [0.2, 0.25) is 0 Å². The van der Waals surface area contributed by atoms with E-state index in [1.54, 1.807) is 38.1 Å². The normalized spacial score (nSPS) is 10.5. The number of ether oxygens (including phenoxy) is 1. The van der Waals surface area contributed by atoms with Crippen LogP contribution in [0.4, 0.5) is 0 Å². The fraction of sp³-hybridized carbons (Fsp3) is 0.312. The lowest BCUT2D eigenvalue weighted by molar-refractivity contribution is -0.143. The molecule has 0 fully saturated rings. The van der Waals surface area contributed by atoms with Crippen LogP contribution in [-0.2, 0) is 9.53 Å². The third-order valence-electron chi connectivity index (χ3n) is 3.28. The van der Waals surface area contributed by atoms with Gasteiger partial charge < -0.3 is 14.6 Å². The first-order chi connectivity index (χ1) is 10.6. The molecule has 116 valence electrons. The Morgan fingerprint density at radius 3 is 2.64 bits per heavy atom. The number of para-hydroxylation sites is 1. The van der Waals surface area contributed by atoms with Crippen LogP contribution in [0.3, 0.4) is 0 Å². The number of nitrogens with one attached hydrogen (secondary N) is 1. The molecule has 0 saturated carbocycles. The second-order valence-electron chi connectivity index (χ2n) is 4.72. The molecule has 1 aromatic heterocycles. The lowest BCUT2D eigenvalue weighted by Gasteiger charge is -2.20. The fourth-order valence-electron chi connectivity index (χ4n) is 2.24. The highest BCUT2D eigenvalue weighted by atomic mass is 16.5. The number of aromatic amines is 1. The van der Waals surface area contributed by atoms with E-state index in [2.05, 4.69) is 4.98 Å². The quantitative estimate of drug-likeness (QED) is 0.850. The van der Waals surface area contributed by atoms with Gasteiger partial charge in [-0.1, -0.05) is 18.2 Å². The number of H-pyrrole nitrogens is 1. The van der Waals surface area contributed by atoms with E-state index in [-0.39, 0.29) is 30.2 Å². The average Bonchev–Trinajstić information content (AvgIpc) is 2.51. The highest BCUT2D eigenvalue weighted by molar-refractivity contribution is 6.06. The van der Waals surface area contributed by atoms with Gasteiger partial charge in [-0.2, -0.15) is 0 Å². The minimum Gasteiger partial charge on any atom is -0.465 e.